The van der Waals surface area contributed by atoms with Crippen molar-refractivity contribution in [3.8, 4) is 6.07 Å². The molecule has 0 aliphatic carbocycles. The van der Waals surface area contributed by atoms with Crippen LogP contribution >= 0.6 is 0 Å². The van der Waals surface area contributed by atoms with E-state index in [0.29, 0.717) is 43.1 Å². The zero-order valence-electron chi connectivity index (χ0n) is 17.3. The average Bonchev–Trinajstić information content (AvgIpc) is 2.84. The second kappa shape index (κ2) is 9.39. The van der Waals surface area contributed by atoms with E-state index in [1.165, 1.54) is 28.6 Å². The van der Waals surface area contributed by atoms with Gasteiger partial charge in [-0.05, 0) is 48.0 Å². The van der Waals surface area contributed by atoms with Crippen molar-refractivity contribution in [2.24, 2.45) is 0 Å². The van der Waals surface area contributed by atoms with Crippen LogP contribution in [0, 0.1) is 17.1 Å². The van der Waals surface area contributed by atoms with Gasteiger partial charge in [-0.3, -0.25) is 4.31 Å². The van der Waals surface area contributed by atoms with Gasteiger partial charge in [-0.15, -0.1) is 0 Å². The number of hydrogen-bond acceptors (Lipinski definition) is 5. The minimum Gasteiger partial charge on any atom is -0.378 e. The van der Waals surface area contributed by atoms with Gasteiger partial charge in [0.1, 0.15) is 11.9 Å². The normalized spacial score (nSPS) is 14.1. The molecule has 3 aromatic carbocycles. The maximum atomic E-state index is 13.5. The Labute approximate surface area is 187 Å². The van der Waals surface area contributed by atoms with E-state index in [2.05, 4.69) is 11.0 Å². The second-order valence-corrected chi connectivity index (χ2v) is 9.23. The van der Waals surface area contributed by atoms with E-state index < -0.39 is 15.8 Å². The van der Waals surface area contributed by atoms with Crippen LogP contribution in [-0.4, -0.2) is 34.7 Å². The van der Waals surface area contributed by atoms with E-state index in [1.807, 2.05) is 0 Å². The van der Waals surface area contributed by atoms with Crippen LogP contribution in [0.25, 0.3) is 0 Å². The highest BCUT2D eigenvalue weighted by Crippen LogP contribution is 2.31. The Balaban J connectivity index is 1.77. The number of sulfonamides is 1. The number of nitrogens with zero attached hydrogens (tertiary/aromatic N) is 3. The number of anilines is 2. The van der Waals surface area contributed by atoms with Crippen molar-refractivity contribution in [1.82, 2.24) is 0 Å². The van der Waals surface area contributed by atoms with Crippen LogP contribution in [-0.2, 0) is 21.3 Å². The number of rotatable bonds is 6. The Bertz CT molecular complexity index is 1220. The molecule has 1 aliphatic rings. The first kappa shape index (κ1) is 21.8. The Morgan fingerprint density at radius 2 is 1.69 bits per heavy atom. The van der Waals surface area contributed by atoms with Crippen molar-refractivity contribution >= 4 is 21.4 Å². The molecular weight excluding hydrogens is 429 g/mol. The molecule has 6 nitrogen and oxygen atoms in total. The number of benzene rings is 3. The minimum absolute atomic E-state index is 0.000717. The van der Waals surface area contributed by atoms with Gasteiger partial charge in [-0.1, -0.05) is 30.3 Å². The molecule has 0 amide bonds. The summed E-state index contributed by atoms with van der Waals surface area (Å²) < 4.78 is 47.1. The van der Waals surface area contributed by atoms with Gasteiger partial charge in [0.15, 0.2) is 0 Å². The molecule has 1 saturated heterocycles. The van der Waals surface area contributed by atoms with Crippen LogP contribution in [0.5, 0.6) is 0 Å². The summed E-state index contributed by atoms with van der Waals surface area (Å²) in [6, 6.07) is 21.1. The van der Waals surface area contributed by atoms with E-state index >= 15 is 0 Å². The molecule has 0 saturated carbocycles. The fraction of sp³-hybridized carbons (Fsp3) is 0.208. The predicted octanol–water partition coefficient (Wildman–Crippen LogP) is 3.93. The second-order valence-electron chi connectivity index (χ2n) is 7.36. The molecule has 0 spiro atoms. The summed E-state index contributed by atoms with van der Waals surface area (Å²) in [5.74, 6) is -0.396. The van der Waals surface area contributed by atoms with Crippen LogP contribution in [0.3, 0.4) is 0 Å². The molecule has 164 valence electrons. The fourth-order valence-corrected chi connectivity index (χ4v) is 5.10. The maximum Gasteiger partial charge on any atom is 0.264 e. The summed E-state index contributed by atoms with van der Waals surface area (Å²) in [6.07, 6.45) is 0. The standard InChI is InChI=1S/C24H22FN3O3S/c25-21-8-6-19(7-9-21)18-28(32(29,30)23-4-2-1-3-5-23)22-10-11-24(20(16-22)17-26)27-12-14-31-15-13-27/h1-11,16H,12-15,18H2. The topological polar surface area (TPSA) is 73.6 Å². The van der Waals surface area contributed by atoms with E-state index in [9.17, 15) is 18.1 Å². The number of morpholine rings is 1. The van der Waals surface area contributed by atoms with Gasteiger partial charge in [0.2, 0.25) is 0 Å². The molecule has 32 heavy (non-hydrogen) atoms. The van der Waals surface area contributed by atoms with Crippen molar-refractivity contribution in [2.45, 2.75) is 11.4 Å². The first-order chi connectivity index (χ1) is 15.5. The molecule has 0 atom stereocenters. The number of halogens is 1. The third-order valence-corrected chi connectivity index (χ3v) is 7.10. The van der Waals surface area contributed by atoms with Crippen molar-refractivity contribution in [2.75, 3.05) is 35.5 Å². The lowest BCUT2D eigenvalue weighted by molar-refractivity contribution is 0.122. The molecule has 0 N–H and O–H groups in total. The molecule has 3 aromatic rings. The average molecular weight is 452 g/mol. The monoisotopic (exact) mass is 451 g/mol. The highest BCUT2D eigenvalue weighted by molar-refractivity contribution is 7.92. The van der Waals surface area contributed by atoms with Crippen molar-refractivity contribution in [3.05, 3.63) is 89.7 Å². The van der Waals surface area contributed by atoms with Crippen LogP contribution in [0.4, 0.5) is 15.8 Å². The van der Waals surface area contributed by atoms with Gasteiger partial charge in [0.05, 0.1) is 41.6 Å². The molecule has 1 heterocycles. The molecule has 0 aromatic heterocycles. The number of ether oxygens (including phenoxy) is 1. The molecular formula is C24H22FN3O3S. The lowest BCUT2D eigenvalue weighted by atomic mass is 10.1. The molecule has 1 fully saturated rings. The third kappa shape index (κ3) is 4.59. The molecule has 0 radical (unpaired) electrons. The highest BCUT2D eigenvalue weighted by atomic mass is 32.2. The smallest absolute Gasteiger partial charge is 0.264 e. The SMILES string of the molecule is N#Cc1cc(N(Cc2ccc(F)cc2)S(=O)(=O)c2ccccc2)ccc1N1CCOCC1. The van der Waals surface area contributed by atoms with E-state index in [0.717, 1.165) is 5.69 Å². The quantitative estimate of drug-likeness (QED) is 0.568. The zero-order chi connectivity index (χ0) is 22.6. The molecule has 0 unspecified atom stereocenters. The van der Waals surface area contributed by atoms with Gasteiger partial charge in [0, 0.05) is 13.1 Å². The first-order valence-electron chi connectivity index (χ1n) is 10.2. The Kier molecular flexibility index (Phi) is 6.40. The summed E-state index contributed by atoms with van der Waals surface area (Å²) in [6.45, 7) is 2.47. The third-order valence-electron chi connectivity index (χ3n) is 5.31. The summed E-state index contributed by atoms with van der Waals surface area (Å²) in [4.78, 5) is 2.19. The van der Waals surface area contributed by atoms with Gasteiger partial charge in [-0.25, -0.2) is 12.8 Å². The summed E-state index contributed by atoms with van der Waals surface area (Å²) in [5.41, 5.74) is 2.13. The predicted molar refractivity (Wildman–Crippen MR) is 120 cm³/mol. The summed E-state index contributed by atoms with van der Waals surface area (Å²) >= 11 is 0. The van der Waals surface area contributed by atoms with Crippen LogP contribution in [0.2, 0.25) is 0 Å². The number of hydrogen-bond donors (Lipinski definition) is 0. The minimum atomic E-state index is -3.93. The van der Waals surface area contributed by atoms with Gasteiger partial charge < -0.3 is 9.64 Å². The van der Waals surface area contributed by atoms with Crippen LogP contribution < -0.4 is 9.21 Å². The van der Waals surface area contributed by atoms with Crippen molar-refractivity contribution < 1.29 is 17.5 Å². The number of nitriles is 1. The van der Waals surface area contributed by atoms with Gasteiger partial charge >= 0.3 is 0 Å². The lowest BCUT2D eigenvalue weighted by Crippen LogP contribution is -2.36. The lowest BCUT2D eigenvalue weighted by Gasteiger charge is -2.30. The van der Waals surface area contributed by atoms with Crippen molar-refractivity contribution in [1.29, 1.82) is 5.26 Å². The molecule has 1 aliphatic heterocycles. The fourth-order valence-electron chi connectivity index (χ4n) is 3.64. The van der Waals surface area contributed by atoms with Crippen LogP contribution in [0.15, 0.2) is 77.7 Å². The summed E-state index contributed by atoms with van der Waals surface area (Å²) in [5, 5.41) is 9.78. The van der Waals surface area contributed by atoms with E-state index in [4.69, 9.17) is 4.74 Å². The van der Waals surface area contributed by atoms with Gasteiger partial charge in [-0.2, -0.15) is 5.26 Å². The highest BCUT2D eigenvalue weighted by Gasteiger charge is 2.26. The van der Waals surface area contributed by atoms with Crippen LogP contribution in [0.1, 0.15) is 11.1 Å². The first-order valence-corrected chi connectivity index (χ1v) is 11.6. The van der Waals surface area contributed by atoms with Crippen molar-refractivity contribution in [3.63, 3.8) is 0 Å². The Morgan fingerprint density at radius 3 is 2.34 bits per heavy atom. The summed E-state index contributed by atoms with van der Waals surface area (Å²) in [7, 11) is -3.93. The zero-order valence-corrected chi connectivity index (χ0v) is 18.1. The molecule has 8 heteroatoms. The Morgan fingerprint density at radius 1 is 1.00 bits per heavy atom. The van der Waals surface area contributed by atoms with E-state index in [-0.39, 0.29) is 11.4 Å². The maximum absolute atomic E-state index is 13.5. The van der Waals surface area contributed by atoms with Gasteiger partial charge in [0.25, 0.3) is 10.0 Å². The molecule has 4 rings (SSSR count). The Hall–Kier alpha value is -3.41. The largest absolute Gasteiger partial charge is 0.378 e. The molecule has 0 bridgehead atoms. The van der Waals surface area contributed by atoms with E-state index in [1.54, 1.807) is 48.5 Å².